The first-order chi connectivity index (χ1) is 33.3. The molecule has 67 heavy (non-hydrogen) atoms. The van der Waals surface area contributed by atoms with Crippen LogP contribution in [0.4, 0.5) is 34.1 Å². The average molecular weight is 869 g/mol. The predicted molar refractivity (Wildman–Crippen MR) is 278 cm³/mol. The molecular formula is C62H48N2O3. The summed E-state index contributed by atoms with van der Waals surface area (Å²) in [7, 11) is 0. The Balaban J connectivity index is 1.09. The lowest BCUT2D eigenvalue weighted by molar-refractivity contribution is 0.643. The number of rotatable bonds is 8. The molecule has 3 heterocycles. The van der Waals surface area contributed by atoms with Gasteiger partial charge in [0, 0.05) is 49.1 Å². The van der Waals surface area contributed by atoms with Crippen molar-refractivity contribution in [3.05, 3.63) is 193 Å². The molecule has 0 saturated heterocycles. The van der Waals surface area contributed by atoms with Crippen LogP contribution in [0.3, 0.4) is 0 Å². The minimum Gasteiger partial charge on any atom is -0.454 e. The summed E-state index contributed by atoms with van der Waals surface area (Å²) in [6, 6.07) is 65.6. The van der Waals surface area contributed by atoms with Gasteiger partial charge in [-0.1, -0.05) is 165 Å². The molecule has 0 atom stereocenters. The molecule has 0 bridgehead atoms. The maximum absolute atomic E-state index is 7.32. The maximum Gasteiger partial charge on any atom is 0.162 e. The summed E-state index contributed by atoms with van der Waals surface area (Å²) >= 11 is 0. The molecule has 0 unspecified atom stereocenters. The minimum atomic E-state index is 0.511. The van der Waals surface area contributed by atoms with Crippen LogP contribution in [0.15, 0.2) is 195 Å². The van der Waals surface area contributed by atoms with Crippen LogP contribution in [0, 0.1) is 0 Å². The maximum atomic E-state index is 7.32. The smallest absolute Gasteiger partial charge is 0.162 e. The van der Waals surface area contributed by atoms with Crippen LogP contribution in [-0.4, -0.2) is 0 Å². The zero-order valence-electron chi connectivity index (χ0n) is 37.3. The molecule has 2 saturated carbocycles. The third-order valence-electron chi connectivity index (χ3n) is 15.1. The van der Waals surface area contributed by atoms with Crippen molar-refractivity contribution >= 4 is 111 Å². The van der Waals surface area contributed by atoms with E-state index in [1.54, 1.807) is 0 Å². The molecular weight excluding hydrogens is 821 g/mol. The van der Waals surface area contributed by atoms with Gasteiger partial charge in [-0.2, -0.15) is 0 Å². The molecule has 0 aliphatic heterocycles. The lowest BCUT2D eigenvalue weighted by Crippen LogP contribution is -2.14. The highest BCUT2D eigenvalue weighted by molar-refractivity contribution is 6.29. The van der Waals surface area contributed by atoms with Crippen molar-refractivity contribution in [1.82, 2.24) is 0 Å². The van der Waals surface area contributed by atoms with Crippen LogP contribution >= 0.6 is 0 Å². The van der Waals surface area contributed by atoms with E-state index < -0.39 is 0 Å². The van der Waals surface area contributed by atoms with Gasteiger partial charge in [-0.3, -0.25) is 0 Å². The Bertz CT molecular complexity index is 3850. The van der Waals surface area contributed by atoms with Gasteiger partial charge in [0.1, 0.15) is 16.7 Å². The lowest BCUT2D eigenvalue weighted by Gasteiger charge is -2.31. The van der Waals surface area contributed by atoms with E-state index in [0.29, 0.717) is 11.8 Å². The second-order valence-corrected chi connectivity index (χ2v) is 18.8. The molecule has 5 nitrogen and oxygen atoms in total. The number of fused-ring (bicyclic) bond motifs is 10. The Hall–Kier alpha value is -7.76. The van der Waals surface area contributed by atoms with Gasteiger partial charge in [0.15, 0.2) is 16.7 Å². The molecule has 14 rings (SSSR count). The van der Waals surface area contributed by atoms with Crippen LogP contribution in [-0.2, 0) is 0 Å². The summed E-state index contributed by atoms with van der Waals surface area (Å²) in [5, 5.41) is 8.76. The Morgan fingerprint density at radius 1 is 0.313 bits per heavy atom. The molecule has 5 heteroatoms. The summed E-state index contributed by atoms with van der Waals surface area (Å²) in [6.45, 7) is 0. The molecule has 2 fully saturated rings. The largest absolute Gasteiger partial charge is 0.454 e. The van der Waals surface area contributed by atoms with Crippen LogP contribution in [0.1, 0.15) is 74.3 Å². The predicted octanol–water partition coefficient (Wildman–Crippen LogP) is 18.8. The third-order valence-corrected chi connectivity index (χ3v) is 15.1. The Kier molecular flexibility index (Phi) is 8.86. The third kappa shape index (κ3) is 5.93. The second-order valence-electron chi connectivity index (χ2n) is 18.8. The van der Waals surface area contributed by atoms with E-state index in [9.17, 15) is 0 Å². The summed E-state index contributed by atoms with van der Waals surface area (Å²) < 4.78 is 21.8. The first kappa shape index (κ1) is 38.5. The van der Waals surface area contributed by atoms with Crippen molar-refractivity contribution in [3.8, 4) is 0 Å². The summed E-state index contributed by atoms with van der Waals surface area (Å²) in [5.41, 5.74) is 14.0. The summed E-state index contributed by atoms with van der Waals surface area (Å²) in [6.07, 6.45) is 9.88. The van der Waals surface area contributed by atoms with Crippen molar-refractivity contribution in [2.24, 2.45) is 0 Å². The lowest BCUT2D eigenvalue weighted by atomic mass is 9.95. The molecule has 2 aliphatic rings. The first-order valence-electron chi connectivity index (χ1n) is 24.2. The van der Waals surface area contributed by atoms with Gasteiger partial charge in [-0.15, -0.1) is 0 Å². The van der Waals surface area contributed by atoms with Crippen LogP contribution in [0.5, 0.6) is 0 Å². The number of benzene rings is 9. The molecule has 324 valence electrons. The van der Waals surface area contributed by atoms with E-state index >= 15 is 0 Å². The molecule has 0 amide bonds. The van der Waals surface area contributed by atoms with Gasteiger partial charge in [0.2, 0.25) is 0 Å². The number of hydrogen-bond acceptors (Lipinski definition) is 5. The fraction of sp³-hybridized carbons (Fsp3) is 0.161. The number of nitrogens with zero attached hydrogens (tertiary/aromatic N) is 2. The molecule has 3 aromatic heterocycles. The SMILES string of the molecule is c1ccc(N(c2cccc3c2oc2c(C4CCCC4)cccc23)c2c3ccccc3c(N(c3ccccc3)c3cccc4c3oc3c(C5CCCC5)cccc34)c3c2oc2ccccc23)cc1. The van der Waals surface area contributed by atoms with Crippen molar-refractivity contribution in [2.45, 2.75) is 63.2 Å². The van der Waals surface area contributed by atoms with E-state index in [1.165, 1.54) is 67.9 Å². The normalized spacial score (nSPS) is 14.9. The van der Waals surface area contributed by atoms with Gasteiger partial charge >= 0.3 is 0 Å². The topological polar surface area (TPSA) is 45.9 Å². The average Bonchev–Trinajstić information content (AvgIpc) is 4.26. The first-order valence-corrected chi connectivity index (χ1v) is 24.2. The standard InChI is InChI=1S/C62H48N2O3/c1-3-23-41(24-4-1)63(52-36-17-34-49-47-32-15-30-43(39-19-7-8-20-39)58(47)66-60(49)52)56-45-27-11-12-28-46(45)57(62-55(56)51-29-13-14-38-54(51)65-62)64(42-25-5-2-6-26-42)53-37-18-35-50-48-33-16-31-44(40-21-9-10-22-40)59(48)67-61(50)53/h1-6,11-18,23-40H,7-10,19-22H2. The summed E-state index contributed by atoms with van der Waals surface area (Å²) in [4.78, 5) is 4.81. The van der Waals surface area contributed by atoms with Gasteiger partial charge in [0.05, 0.1) is 28.1 Å². The van der Waals surface area contributed by atoms with E-state index in [0.717, 1.165) is 105 Å². The van der Waals surface area contributed by atoms with Crippen molar-refractivity contribution in [2.75, 3.05) is 9.80 Å². The van der Waals surface area contributed by atoms with Gasteiger partial charge in [-0.05, 0) is 91.1 Å². The van der Waals surface area contributed by atoms with Crippen LogP contribution < -0.4 is 9.80 Å². The molecule has 2 aliphatic carbocycles. The number of hydrogen-bond donors (Lipinski definition) is 0. The number of furan rings is 3. The highest BCUT2D eigenvalue weighted by Gasteiger charge is 2.32. The molecule has 0 radical (unpaired) electrons. The molecule has 12 aromatic rings. The quantitative estimate of drug-likeness (QED) is 0.142. The highest BCUT2D eigenvalue weighted by Crippen LogP contribution is 2.56. The molecule has 0 spiro atoms. The zero-order valence-corrected chi connectivity index (χ0v) is 37.3. The fourth-order valence-electron chi connectivity index (χ4n) is 12.1. The molecule has 0 N–H and O–H groups in total. The number of para-hydroxylation sites is 7. The van der Waals surface area contributed by atoms with E-state index in [2.05, 4.69) is 192 Å². The number of anilines is 6. The van der Waals surface area contributed by atoms with Crippen molar-refractivity contribution in [3.63, 3.8) is 0 Å². The Labute approximate surface area is 388 Å². The summed E-state index contributed by atoms with van der Waals surface area (Å²) in [5.74, 6) is 1.02. The molecule has 9 aromatic carbocycles. The second kappa shape index (κ2) is 15.4. The highest BCUT2D eigenvalue weighted by atomic mass is 16.3. The zero-order chi connectivity index (χ0) is 44.0. The van der Waals surface area contributed by atoms with E-state index in [1.807, 2.05) is 0 Å². The Morgan fingerprint density at radius 2 is 0.716 bits per heavy atom. The minimum absolute atomic E-state index is 0.511. The van der Waals surface area contributed by atoms with Crippen LogP contribution in [0.25, 0.3) is 76.6 Å². The monoisotopic (exact) mass is 868 g/mol. The van der Waals surface area contributed by atoms with Crippen LogP contribution in [0.2, 0.25) is 0 Å². The fourth-order valence-corrected chi connectivity index (χ4v) is 12.1. The Morgan fingerprint density at radius 3 is 1.24 bits per heavy atom. The van der Waals surface area contributed by atoms with Gasteiger partial charge in [-0.25, -0.2) is 0 Å². The van der Waals surface area contributed by atoms with Crippen molar-refractivity contribution in [1.29, 1.82) is 0 Å². The van der Waals surface area contributed by atoms with E-state index in [-0.39, 0.29) is 0 Å². The van der Waals surface area contributed by atoms with Gasteiger partial charge < -0.3 is 23.1 Å². The van der Waals surface area contributed by atoms with Crippen molar-refractivity contribution < 1.29 is 13.3 Å². The van der Waals surface area contributed by atoms with Gasteiger partial charge in [0.25, 0.3) is 0 Å². The van der Waals surface area contributed by atoms with E-state index in [4.69, 9.17) is 13.3 Å².